The Morgan fingerprint density at radius 3 is 2.47 bits per heavy atom. The largest absolute Gasteiger partial charge is 0.464 e. The van der Waals surface area contributed by atoms with Crippen molar-refractivity contribution in [3.05, 3.63) is 35.9 Å². The Bertz CT molecular complexity index is 500. The molecule has 1 rings (SSSR count). The van der Waals surface area contributed by atoms with Crippen LogP contribution in [0.15, 0.2) is 30.3 Å². The summed E-state index contributed by atoms with van der Waals surface area (Å²) in [6, 6.07) is 9.33. The van der Waals surface area contributed by atoms with Gasteiger partial charge in [0, 0.05) is 0 Å². The first-order chi connectivity index (χ1) is 8.92. The summed E-state index contributed by atoms with van der Waals surface area (Å²) in [4.78, 5) is 11.6. The normalized spacial score (nSPS) is 12.9. The standard InChI is InChI=1S/C12H17NO5S/c1-2-17-12(14)11(18-19(13,15)16)9-8-10-6-4-3-5-7-10/h3-7,11H,2,8-9H2,1H3,(H2,13,15,16)/t11-/m0/s1. The van der Waals surface area contributed by atoms with Gasteiger partial charge < -0.3 is 4.74 Å². The minimum absolute atomic E-state index is 0.147. The molecule has 0 bridgehead atoms. The molecule has 0 saturated carbocycles. The summed E-state index contributed by atoms with van der Waals surface area (Å²) in [5.74, 6) is -0.729. The molecule has 1 aromatic rings. The molecule has 0 aromatic heterocycles. The van der Waals surface area contributed by atoms with Crippen LogP contribution in [0.5, 0.6) is 0 Å². The van der Waals surface area contributed by atoms with E-state index < -0.39 is 22.4 Å². The molecule has 1 atom stereocenters. The van der Waals surface area contributed by atoms with Gasteiger partial charge in [-0.3, -0.25) is 0 Å². The predicted molar refractivity (Wildman–Crippen MR) is 69.4 cm³/mol. The predicted octanol–water partition coefficient (Wildman–Crippen LogP) is 0.771. The van der Waals surface area contributed by atoms with E-state index in [0.29, 0.717) is 6.42 Å². The molecule has 0 heterocycles. The van der Waals surface area contributed by atoms with Crippen LogP contribution in [0.2, 0.25) is 0 Å². The first-order valence-corrected chi connectivity index (χ1v) is 7.31. The zero-order valence-electron chi connectivity index (χ0n) is 10.6. The van der Waals surface area contributed by atoms with E-state index in [1.54, 1.807) is 6.92 Å². The lowest BCUT2D eigenvalue weighted by Gasteiger charge is -2.14. The van der Waals surface area contributed by atoms with E-state index in [2.05, 4.69) is 4.18 Å². The van der Waals surface area contributed by atoms with Gasteiger partial charge >= 0.3 is 16.3 Å². The quantitative estimate of drug-likeness (QED) is 0.747. The number of carbonyl (C=O) groups excluding carboxylic acids is 1. The lowest BCUT2D eigenvalue weighted by atomic mass is 10.1. The molecule has 19 heavy (non-hydrogen) atoms. The highest BCUT2D eigenvalue weighted by atomic mass is 32.2. The maximum atomic E-state index is 11.6. The molecule has 2 N–H and O–H groups in total. The molecule has 0 aliphatic heterocycles. The first kappa shape index (κ1) is 15.6. The third kappa shape index (κ3) is 6.32. The monoisotopic (exact) mass is 287 g/mol. The van der Waals surface area contributed by atoms with E-state index in [4.69, 9.17) is 9.88 Å². The molecule has 0 amide bonds. The Morgan fingerprint density at radius 2 is 1.95 bits per heavy atom. The van der Waals surface area contributed by atoms with E-state index in [1.165, 1.54) is 0 Å². The van der Waals surface area contributed by atoms with Crippen molar-refractivity contribution < 1.29 is 22.1 Å². The van der Waals surface area contributed by atoms with E-state index in [-0.39, 0.29) is 13.0 Å². The minimum atomic E-state index is -4.19. The number of carbonyl (C=O) groups is 1. The second kappa shape index (κ2) is 7.22. The van der Waals surface area contributed by atoms with Crippen molar-refractivity contribution in [1.82, 2.24) is 0 Å². The van der Waals surface area contributed by atoms with Gasteiger partial charge in [-0.25, -0.2) is 14.1 Å². The van der Waals surface area contributed by atoms with Crippen LogP contribution in [0, 0.1) is 0 Å². The highest BCUT2D eigenvalue weighted by Crippen LogP contribution is 2.10. The topological polar surface area (TPSA) is 95.7 Å². The van der Waals surface area contributed by atoms with E-state index >= 15 is 0 Å². The van der Waals surface area contributed by atoms with Crippen LogP contribution in [0.25, 0.3) is 0 Å². The summed E-state index contributed by atoms with van der Waals surface area (Å²) >= 11 is 0. The molecular weight excluding hydrogens is 270 g/mol. The van der Waals surface area contributed by atoms with Crippen molar-refractivity contribution in [2.24, 2.45) is 5.14 Å². The Kier molecular flexibility index (Phi) is 5.94. The van der Waals surface area contributed by atoms with Crippen LogP contribution in [-0.4, -0.2) is 27.1 Å². The van der Waals surface area contributed by atoms with Crippen molar-refractivity contribution in [1.29, 1.82) is 0 Å². The summed E-state index contributed by atoms with van der Waals surface area (Å²) in [5.41, 5.74) is 0.967. The van der Waals surface area contributed by atoms with Crippen molar-refractivity contribution in [2.45, 2.75) is 25.9 Å². The summed E-state index contributed by atoms with van der Waals surface area (Å²) in [7, 11) is -4.19. The number of esters is 1. The Labute approximate surface area is 112 Å². The Morgan fingerprint density at radius 1 is 1.32 bits per heavy atom. The third-order valence-electron chi connectivity index (χ3n) is 2.34. The zero-order valence-corrected chi connectivity index (χ0v) is 11.4. The van der Waals surface area contributed by atoms with E-state index in [9.17, 15) is 13.2 Å². The van der Waals surface area contributed by atoms with Gasteiger partial charge in [-0.15, -0.1) is 0 Å². The fraction of sp³-hybridized carbons (Fsp3) is 0.417. The van der Waals surface area contributed by atoms with Gasteiger partial charge in [-0.1, -0.05) is 30.3 Å². The number of benzene rings is 1. The lowest BCUT2D eigenvalue weighted by Crippen LogP contribution is -2.32. The second-order valence-corrected chi connectivity index (χ2v) is 5.03. The van der Waals surface area contributed by atoms with Gasteiger partial charge in [0.05, 0.1) is 6.61 Å². The number of nitrogens with two attached hydrogens (primary N) is 1. The van der Waals surface area contributed by atoms with Crippen LogP contribution < -0.4 is 5.14 Å². The second-order valence-electron chi connectivity index (χ2n) is 3.85. The average molecular weight is 287 g/mol. The number of hydrogen-bond acceptors (Lipinski definition) is 5. The van der Waals surface area contributed by atoms with Crippen LogP contribution >= 0.6 is 0 Å². The van der Waals surface area contributed by atoms with E-state index in [1.807, 2.05) is 30.3 Å². The lowest BCUT2D eigenvalue weighted by molar-refractivity contribution is -0.151. The fourth-order valence-corrected chi connectivity index (χ4v) is 2.04. The highest BCUT2D eigenvalue weighted by Gasteiger charge is 2.25. The van der Waals surface area contributed by atoms with Crippen molar-refractivity contribution >= 4 is 16.3 Å². The Hall–Kier alpha value is -1.44. The number of hydrogen-bond donors (Lipinski definition) is 1. The molecule has 0 spiro atoms. The minimum Gasteiger partial charge on any atom is -0.464 e. The van der Waals surface area contributed by atoms with Crippen molar-refractivity contribution in [3.8, 4) is 0 Å². The van der Waals surface area contributed by atoms with Crippen LogP contribution in [0.4, 0.5) is 0 Å². The Balaban J connectivity index is 2.66. The molecule has 0 unspecified atom stereocenters. The summed E-state index contributed by atoms with van der Waals surface area (Å²) < 4.78 is 31.1. The van der Waals surface area contributed by atoms with Crippen LogP contribution in [0.3, 0.4) is 0 Å². The summed E-state index contributed by atoms with van der Waals surface area (Å²) in [5, 5.41) is 4.78. The molecule has 0 aliphatic carbocycles. The smallest absolute Gasteiger partial charge is 0.336 e. The van der Waals surface area contributed by atoms with Crippen molar-refractivity contribution in [2.75, 3.05) is 6.61 Å². The van der Waals surface area contributed by atoms with Gasteiger partial charge in [-0.05, 0) is 25.3 Å². The summed E-state index contributed by atoms with van der Waals surface area (Å²) in [6.07, 6.45) is -0.547. The van der Waals surface area contributed by atoms with Gasteiger partial charge in [-0.2, -0.15) is 8.42 Å². The maximum absolute atomic E-state index is 11.6. The molecule has 106 valence electrons. The fourth-order valence-electron chi connectivity index (χ4n) is 1.54. The number of rotatable bonds is 7. The van der Waals surface area contributed by atoms with E-state index in [0.717, 1.165) is 5.56 Å². The summed E-state index contributed by atoms with van der Waals surface area (Å²) in [6.45, 7) is 1.78. The van der Waals surface area contributed by atoms with Gasteiger partial charge in [0.25, 0.3) is 0 Å². The van der Waals surface area contributed by atoms with Gasteiger partial charge in [0.2, 0.25) is 0 Å². The van der Waals surface area contributed by atoms with Crippen molar-refractivity contribution in [3.63, 3.8) is 0 Å². The first-order valence-electron chi connectivity index (χ1n) is 5.84. The maximum Gasteiger partial charge on any atom is 0.336 e. The number of ether oxygens (including phenoxy) is 1. The molecule has 1 aromatic carbocycles. The zero-order chi connectivity index (χ0) is 14.3. The van der Waals surface area contributed by atoms with Gasteiger partial charge in [0.15, 0.2) is 6.10 Å². The molecule has 0 saturated heterocycles. The molecule has 0 radical (unpaired) electrons. The molecule has 6 nitrogen and oxygen atoms in total. The number of aryl methyl sites for hydroxylation is 1. The highest BCUT2D eigenvalue weighted by molar-refractivity contribution is 7.84. The molecule has 0 fully saturated rings. The van der Waals surface area contributed by atoms with Crippen LogP contribution in [0.1, 0.15) is 18.9 Å². The molecule has 0 aliphatic rings. The average Bonchev–Trinajstić information content (AvgIpc) is 2.34. The molecule has 7 heteroatoms. The molecular formula is C12H17NO5S. The SMILES string of the molecule is CCOC(=O)[C@H](CCc1ccccc1)OS(N)(=O)=O. The van der Waals surface area contributed by atoms with Crippen LogP contribution in [-0.2, 0) is 30.4 Å². The third-order valence-corrected chi connectivity index (χ3v) is 2.84. The van der Waals surface area contributed by atoms with Gasteiger partial charge in [0.1, 0.15) is 0 Å².